The number of hydrogen-bond acceptors (Lipinski definition) is 3. The van der Waals surface area contributed by atoms with Crippen molar-refractivity contribution in [2.75, 3.05) is 24.3 Å². The van der Waals surface area contributed by atoms with Gasteiger partial charge in [-0.15, -0.1) is 0 Å². The lowest BCUT2D eigenvalue weighted by Gasteiger charge is -2.09. The van der Waals surface area contributed by atoms with Crippen LogP contribution in [0.2, 0.25) is 0 Å². The minimum absolute atomic E-state index is 0.191. The Morgan fingerprint density at radius 3 is 2.09 bits per heavy atom. The highest BCUT2D eigenvalue weighted by molar-refractivity contribution is 5.93. The van der Waals surface area contributed by atoms with Crippen molar-refractivity contribution in [2.45, 2.75) is 0 Å². The lowest BCUT2D eigenvalue weighted by molar-refractivity contribution is -0.118. The minimum atomic E-state index is -0.368. The zero-order valence-electron chi connectivity index (χ0n) is 12.4. The number of urea groups is 1. The van der Waals surface area contributed by atoms with Gasteiger partial charge in [0.25, 0.3) is 5.91 Å². The van der Waals surface area contributed by atoms with Gasteiger partial charge in [0.2, 0.25) is 0 Å². The Kier molecular flexibility index (Phi) is 5.51. The van der Waals surface area contributed by atoms with Crippen molar-refractivity contribution in [1.29, 1.82) is 0 Å². The van der Waals surface area contributed by atoms with Crippen LogP contribution in [0.4, 0.5) is 20.6 Å². The number of carbonyl (C=O) groups excluding carboxylic acids is 2. The predicted molar refractivity (Wildman–Crippen MR) is 85.0 cm³/mol. The van der Waals surface area contributed by atoms with Gasteiger partial charge in [0.1, 0.15) is 11.6 Å². The summed E-state index contributed by atoms with van der Waals surface area (Å²) in [5.74, 6) is -0.305. The van der Waals surface area contributed by atoms with Gasteiger partial charge in [-0.2, -0.15) is 0 Å². The Bertz CT molecular complexity index is 672. The van der Waals surface area contributed by atoms with E-state index in [1.807, 2.05) is 0 Å². The van der Waals surface area contributed by atoms with Crippen molar-refractivity contribution in [2.24, 2.45) is 0 Å². The number of anilines is 2. The number of amides is 3. The standard InChI is InChI=1S/C16H16FN3O3/c1-18-16(22)20-13-6-4-12(5-7-13)19-15(21)10-23-14-8-2-11(17)3-9-14/h2-9H,10H2,1H3,(H,19,21)(H2,18,20,22). The molecule has 0 fully saturated rings. The molecular weight excluding hydrogens is 301 g/mol. The quantitative estimate of drug-likeness (QED) is 0.793. The zero-order chi connectivity index (χ0) is 16.7. The highest BCUT2D eigenvalue weighted by Gasteiger charge is 2.05. The van der Waals surface area contributed by atoms with Crippen molar-refractivity contribution in [3.63, 3.8) is 0 Å². The molecule has 2 aromatic rings. The van der Waals surface area contributed by atoms with Gasteiger partial charge in [-0.3, -0.25) is 4.79 Å². The third-order valence-electron chi connectivity index (χ3n) is 2.84. The summed E-state index contributed by atoms with van der Waals surface area (Å²) in [4.78, 5) is 22.9. The summed E-state index contributed by atoms with van der Waals surface area (Å²) in [5.41, 5.74) is 1.17. The fourth-order valence-corrected chi connectivity index (χ4v) is 1.71. The van der Waals surface area contributed by atoms with E-state index in [0.717, 1.165) is 0 Å². The molecule has 0 heterocycles. The summed E-state index contributed by atoms with van der Waals surface area (Å²) in [7, 11) is 1.52. The molecule has 0 radical (unpaired) electrons. The first-order valence-electron chi connectivity index (χ1n) is 6.84. The molecule has 0 saturated carbocycles. The van der Waals surface area contributed by atoms with Gasteiger partial charge in [0.05, 0.1) is 0 Å². The van der Waals surface area contributed by atoms with Gasteiger partial charge in [-0.05, 0) is 48.5 Å². The number of hydrogen-bond donors (Lipinski definition) is 3. The summed E-state index contributed by atoms with van der Waals surface area (Å²) in [6.45, 7) is -0.191. The summed E-state index contributed by atoms with van der Waals surface area (Å²) in [5, 5.41) is 7.69. The molecule has 0 spiro atoms. The lowest BCUT2D eigenvalue weighted by Crippen LogP contribution is -2.24. The molecule has 3 amide bonds. The first-order chi connectivity index (χ1) is 11.1. The van der Waals surface area contributed by atoms with Crippen LogP contribution in [-0.2, 0) is 4.79 Å². The van der Waals surface area contributed by atoms with Crippen molar-refractivity contribution >= 4 is 23.3 Å². The van der Waals surface area contributed by atoms with Crippen molar-refractivity contribution in [3.8, 4) is 5.75 Å². The fourth-order valence-electron chi connectivity index (χ4n) is 1.71. The Morgan fingerprint density at radius 1 is 0.957 bits per heavy atom. The highest BCUT2D eigenvalue weighted by atomic mass is 19.1. The van der Waals surface area contributed by atoms with Crippen LogP contribution in [0.25, 0.3) is 0 Å². The number of carbonyl (C=O) groups is 2. The molecule has 7 heteroatoms. The smallest absolute Gasteiger partial charge is 0.318 e. The van der Waals surface area contributed by atoms with Gasteiger partial charge in [-0.1, -0.05) is 0 Å². The molecule has 0 atom stereocenters. The van der Waals surface area contributed by atoms with Crippen molar-refractivity contribution in [3.05, 3.63) is 54.3 Å². The maximum atomic E-state index is 12.7. The molecule has 0 bridgehead atoms. The Morgan fingerprint density at radius 2 is 1.52 bits per heavy atom. The Labute approximate surface area is 132 Å². The molecule has 6 nitrogen and oxygen atoms in total. The second kappa shape index (κ2) is 7.79. The lowest BCUT2D eigenvalue weighted by atomic mass is 10.3. The highest BCUT2D eigenvalue weighted by Crippen LogP contribution is 2.14. The van der Waals surface area contributed by atoms with Crippen LogP contribution in [0, 0.1) is 5.82 Å². The molecular formula is C16H16FN3O3. The van der Waals surface area contributed by atoms with E-state index in [-0.39, 0.29) is 24.4 Å². The predicted octanol–water partition coefficient (Wildman–Crippen LogP) is 2.59. The summed E-state index contributed by atoms with van der Waals surface area (Å²) in [6, 6.07) is 11.7. The molecule has 0 saturated heterocycles. The average molecular weight is 317 g/mol. The molecule has 0 aliphatic carbocycles. The zero-order valence-corrected chi connectivity index (χ0v) is 12.4. The maximum Gasteiger partial charge on any atom is 0.318 e. The van der Waals surface area contributed by atoms with E-state index in [4.69, 9.17) is 4.74 Å². The van der Waals surface area contributed by atoms with Crippen molar-refractivity contribution in [1.82, 2.24) is 5.32 Å². The van der Waals surface area contributed by atoms with Gasteiger partial charge >= 0.3 is 6.03 Å². The van der Waals surface area contributed by atoms with Gasteiger partial charge in [0, 0.05) is 18.4 Å². The second-order valence-electron chi connectivity index (χ2n) is 4.57. The molecule has 120 valence electrons. The molecule has 23 heavy (non-hydrogen) atoms. The van der Waals surface area contributed by atoms with Crippen LogP contribution in [0.1, 0.15) is 0 Å². The topological polar surface area (TPSA) is 79.5 Å². The number of benzene rings is 2. The largest absolute Gasteiger partial charge is 0.484 e. The normalized spacial score (nSPS) is 9.83. The first kappa shape index (κ1) is 16.3. The van der Waals surface area contributed by atoms with Crippen molar-refractivity contribution < 1.29 is 18.7 Å². The van der Waals surface area contributed by atoms with Gasteiger partial charge < -0.3 is 20.7 Å². The minimum Gasteiger partial charge on any atom is -0.484 e. The number of halogens is 1. The van der Waals surface area contributed by atoms with Crippen LogP contribution in [-0.4, -0.2) is 25.6 Å². The molecule has 0 aromatic heterocycles. The monoisotopic (exact) mass is 317 g/mol. The third-order valence-corrected chi connectivity index (χ3v) is 2.84. The molecule has 2 aromatic carbocycles. The first-order valence-corrected chi connectivity index (χ1v) is 6.84. The molecule has 0 unspecified atom stereocenters. The van der Waals surface area contributed by atoms with Crippen LogP contribution in [0.15, 0.2) is 48.5 Å². The Hall–Kier alpha value is -3.09. The number of nitrogens with one attached hydrogen (secondary N) is 3. The SMILES string of the molecule is CNC(=O)Nc1ccc(NC(=O)COc2ccc(F)cc2)cc1. The van der Waals surface area contributed by atoms with Crippen LogP contribution >= 0.6 is 0 Å². The third kappa shape index (κ3) is 5.31. The Balaban J connectivity index is 1.82. The molecule has 2 rings (SSSR count). The number of ether oxygens (including phenoxy) is 1. The van der Waals surface area contributed by atoms with E-state index >= 15 is 0 Å². The van der Waals surface area contributed by atoms with E-state index in [1.54, 1.807) is 24.3 Å². The van der Waals surface area contributed by atoms with E-state index in [9.17, 15) is 14.0 Å². The summed E-state index contributed by atoms with van der Waals surface area (Å²) in [6.07, 6.45) is 0. The molecule has 0 aliphatic heterocycles. The van der Waals surface area contributed by atoms with E-state index < -0.39 is 0 Å². The van der Waals surface area contributed by atoms with Gasteiger partial charge in [-0.25, -0.2) is 9.18 Å². The summed E-state index contributed by atoms with van der Waals surface area (Å²) >= 11 is 0. The molecule has 0 aliphatic rings. The molecule has 3 N–H and O–H groups in total. The maximum absolute atomic E-state index is 12.7. The second-order valence-corrected chi connectivity index (χ2v) is 4.57. The van der Waals surface area contributed by atoms with Gasteiger partial charge in [0.15, 0.2) is 6.61 Å². The fraction of sp³-hybridized carbons (Fsp3) is 0.125. The summed E-state index contributed by atoms with van der Waals surface area (Å²) < 4.78 is 18.0. The average Bonchev–Trinajstić information content (AvgIpc) is 2.56. The van der Waals surface area contributed by atoms with E-state index in [0.29, 0.717) is 17.1 Å². The van der Waals surface area contributed by atoms with Crippen LogP contribution in [0.3, 0.4) is 0 Å². The number of rotatable bonds is 5. The van der Waals surface area contributed by atoms with Crippen LogP contribution < -0.4 is 20.7 Å². The van der Waals surface area contributed by atoms with Crippen LogP contribution in [0.5, 0.6) is 5.75 Å². The van der Waals surface area contributed by atoms with E-state index in [2.05, 4.69) is 16.0 Å². The van der Waals surface area contributed by atoms with E-state index in [1.165, 1.54) is 31.3 Å².